The normalized spacial score (nSPS) is 11.7. The lowest BCUT2D eigenvalue weighted by Gasteiger charge is -2.16. The van der Waals surface area contributed by atoms with Gasteiger partial charge in [0.2, 0.25) is 5.95 Å². The SMILES string of the molecule is CC(C)(C)C(=O)OCn1cnc2c(=O)n(Cc3ccccc3)c(N)nc21. The number of nitrogens with zero attached hydrogens (tertiary/aromatic N) is 4. The summed E-state index contributed by atoms with van der Waals surface area (Å²) < 4.78 is 8.12. The van der Waals surface area contributed by atoms with Gasteiger partial charge in [0.25, 0.3) is 5.56 Å². The average Bonchev–Trinajstić information content (AvgIpc) is 2.99. The first kappa shape index (κ1) is 17.7. The Morgan fingerprint density at radius 2 is 1.92 bits per heavy atom. The summed E-state index contributed by atoms with van der Waals surface area (Å²) in [4.78, 5) is 33.0. The van der Waals surface area contributed by atoms with E-state index in [4.69, 9.17) is 10.5 Å². The van der Waals surface area contributed by atoms with Crippen LogP contribution in [0.3, 0.4) is 0 Å². The number of nitrogen functional groups attached to an aromatic ring is 1. The topological polar surface area (TPSA) is 105 Å². The number of fused-ring (bicyclic) bond motifs is 1. The molecule has 0 saturated heterocycles. The fourth-order valence-electron chi connectivity index (χ4n) is 2.40. The van der Waals surface area contributed by atoms with Crippen LogP contribution in [0.5, 0.6) is 0 Å². The summed E-state index contributed by atoms with van der Waals surface area (Å²) in [5.41, 5.74) is 6.44. The summed E-state index contributed by atoms with van der Waals surface area (Å²) in [5, 5.41) is 0. The molecule has 3 aromatic rings. The molecule has 3 rings (SSSR count). The summed E-state index contributed by atoms with van der Waals surface area (Å²) in [6, 6.07) is 9.49. The molecule has 0 bridgehead atoms. The Balaban J connectivity index is 1.92. The van der Waals surface area contributed by atoms with E-state index in [9.17, 15) is 9.59 Å². The van der Waals surface area contributed by atoms with E-state index in [2.05, 4.69) is 9.97 Å². The van der Waals surface area contributed by atoms with Crippen molar-refractivity contribution >= 4 is 23.1 Å². The van der Waals surface area contributed by atoms with Gasteiger partial charge < -0.3 is 10.5 Å². The molecule has 1 aromatic carbocycles. The van der Waals surface area contributed by atoms with Crippen molar-refractivity contribution in [3.05, 3.63) is 52.6 Å². The van der Waals surface area contributed by atoms with Crippen molar-refractivity contribution in [1.82, 2.24) is 19.1 Å². The summed E-state index contributed by atoms with van der Waals surface area (Å²) in [5.74, 6) is -0.278. The molecule has 2 heterocycles. The Bertz CT molecular complexity index is 999. The third kappa shape index (κ3) is 3.44. The number of aromatic nitrogens is 4. The third-order valence-corrected chi connectivity index (χ3v) is 3.89. The monoisotopic (exact) mass is 355 g/mol. The molecule has 0 aliphatic carbocycles. The molecule has 0 radical (unpaired) electrons. The van der Waals surface area contributed by atoms with Crippen molar-refractivity contribution in [3.8, 4) is 0 Å². The van der Waals surface area contributed by atoms with Crippen LogP contribution in [0.4, 0.5) is 5.95 Å². The van der Waals surface area contributed by atoms with Gasteiger partial charge in [-0.1, -0.05) is 30.3 Å². The van der Waals surface area contributed by atoms with E-state index >= 15 is 0 Å². The number of nitrogens with two attached hydrogens (primary N) is 1. The molecule has 0 saturated carbocycles. The van der Waals surface area contributed by atoms with Gasteiger partial charge in [-0.25, -0.2) is 4.98 Å². The zero-order valence-electron chi connectivity index (χ0n) is 15.0. The second-order valence-corrected chi connectivity index (χ2v) is 7.04. The number of hydrogen-bond donors (Lipinski definition) is 1. The van der Waals surface area contributed by atoms with Crippen LogP contribution in [0.15, 0.2) is 41.5 Å². The van der Waals surface area contributed by atoms with Crippen LogP contribution in [0.1, 0.15) is 26.3 Å². The smallest absolute Gasteiger partial charge is 0.312 e. The lowest BCUT2D eigenvalue weighted by Crippen LogP contribution is -2.26. The third-order valence-electron chi connectivity index (χ3n) is 3.89. The largest absolute Gasteiger partial charge is 0.443 e. The molecule has 0 amide bonds. The minimum Gasteiger partial charge on any atom is -0.443 e. The summed E-state index contributed by atoms with van der Waals surface area (Å²) >= 11 is 0. The number of rotatable bonds is 4. The Morgan fingerprint density at radius 3 is 2.58 bits per heavy atom. The number of benzene rings is 1. The van der Waals surface area contributed by atoms with Gasteiger partial charge in [0.1, 0.15) is 6.33 Å². The number of imidazole rings is 1. The molecule has 136 valence electrons. The van der Waals surface area contributed by atoms with E-state index in [0.717, 1.165) is 5.56 Å². The van der Waals surface area contributed by atoms with Gasteiger partial charge in [-0.15, -0.1) is 0 Å². The molecular formula is C18H21N5O3. The zero-order valence-corrected chi connectivity index (χ0v) is 15.0. The Kier molecular flexibility index (Phi) is 4.50. The molecule has 0 atom stereocenters. The van der Waals surface area contributed by atoms with Gasteiger partial charge in [0.05, 0.1) is 12.0 Å². The summed E-state index contributed by atoms with van der Waals surface area (Å²) in [6.45, 7) is 5.51. The van der Waals surface area contributed by atoms with Crippen molar-refractivity contribution in [1.29, 1.82) is 0 Å². The maximum Gasteiger partial charge on any atom is 0.312 e. The minimum absolute atomic E-state index is 0.0789. The van der Waals surface area contributed by atoms with Crippen molar-refractivity contribution in [2.75, 3.05) is 5.73 Å². The van der Waals surface area contributed by atoms with Crippen LogP contribution in [0, 0.1) is 5.41 Å². The van der Waals surface area contributed by atoms with Gasteiger partial charge in [-0.2, -0.15) is 4.98 Å². The molecule has 0 aliphatic rings. The van der Waals surface area contributed by atoms with Crippen molar-refractivity contribution in [2.24, 2.45) is 5.41 Å². The molecule has 8 nitrogen and oxygen atoms in total. The minimum atomic E-state index is -0.620. The molecule has 2 N–H and O–H groups in total. The van der Waals surface area contributed by atoms with E-state index in [1.54, 1.807) is 20.8 Å². The van der Waals surface area contributed by atoms with Crippen molar-refractivity contribution in [2.45, 2.75) is 34.0 Å². The van der Waals surface area contributed by atoms with E-state index in [1.165, 1.54) is 15.5 Å². The highest BCUT2D eigenvalue weighted by Gasteiger charge is 2.23. The highest BCUT2D eigenvalue weighted by atomic mass is 16.5. The maximum atomic E-state index is 12.7. The van der Waals surface area contributed by atoms with Gasteiger partial charge >= 0.3 is 5.97 Å². The number of anilines is 1. The van der Waals surface area contributed by atoms with Gasteiger partial charge in [-0.3, -0.25) is 18.7 Å². The zero-order chi connectivity index (χ0) is 18.9. The molecule has 2 aromatic heterocycles. The molecule has 8 heteroatoms. The van der Waals surface area contributed by atoms with E-state index in [-0.39, 0.29) is 29.7 Å². The lowest BCUT2D eigenvalue weighted by atomic mass is 9.98. The highest BCUT2D eigenvalue weighted by molar-refractivity contribution is 5.75. The Morgan fingerprint density at radius 1 is 1.23 bits per heavy atom. The fourth-order valence-corrected chi connectivity index (χ4v) is 2.40. The lowest BCUT2D eigenvalue weighted by molar-refractivity contribution is -0.156. The van der Waals surface area contributed by atoms with E-state index in [1.807, 2.05) is 30.3 Å². The van der Waals surface area contributed by atoms with Gasteiger partial charge in [0.15, 0.2) is 17.9 Å². The summed E-state index contributed by atoms with van der Waals surface area (Å²) in [6.07, 6.45) is 1.42. The van der Waals surface area contributed by atoms with Gasteiger partial charge in [-0.05, 0) is 26.3 Å². The first-order valence-electron chi connectivity index (χ1n) is 8.19. The van der Waals surface area contributed by atoms with Crippen LogP contribution < -0.4 is 11.3 Å². The number of carbonyl (C=O) groups is 1. The van der Waals surface area contributed by atoms with E-state index in [0.29, 0.717) is 12.2 Å². The van der Waals surface area contributed by atoms with E-state index < -0.39 is 5.41 Å². The molecule has 26 heavy (non-hydrogen) atoms. The number of esters is 1. The molecular weight excluding hydrogens is 334 g/mol. The van der Waals surface area contributed by atoms with Gasteiger partial charge in [0, 0.05) is 0 Å². The van der Waals surface area contributed by atoms with Crippen LogP contribution in [0.25, 0.3) is 11.2 Å². The predicted molar refractivity (Wildman–Crippen MR) is 97.3 cm³/mol. The number of carbonyl (C=O) groups excluding carboxylic acids is 1. The first-order chi connectivity index (χ1) is 12.3. The molecule has 0 spiro atoms. The Labute approximate surface area is 150 Å². The second kappa shape index (κ2) is 6.62. The molecule has 0 unspecified atom stereocenters. The molecule has 0 aliphatic heterocycles. The number of hydrogen-bond acceptors (Lipinski definition) is 6. The summed E-state index contributed by atoms with van der Waals surface area (Å²) in [7, 11) is 0. The highest BCUT2D eigenvalue weighted by Crippen LogP contribution is 2.16. The Hall–Kier alpha value is -3.16. The first-order valence-corrected chi connectivity index (χ1v) is 8.19. The van der Waals surface area contributed by atoms with Crippen LogP contribution >= 0.6 is 0 Å². The fraction of sp³-hybridized carbons (Fsp3) is 0.333. The van der Waals surface area contributed by atoms with Crippen molar-refractivity contribution < 1.29 is 9.53 Å². The predicted octanol–water partition coefficient (Wildman–Crippen LogP) is 1.77. The maximum absolute atomic E-state index is 12.7. The second-order valence-electron chi connectivity index (χ2n) is 7.04. The average molecular weight is 355 g/mol. The van der Waals surface area contributed by atoms with Crippen LogP contribution in [0.2, 0.25) is 0 Å². The standard InChI is InChI=1S/C18H21N5O3/c1-18(2,3)16(25)26-11-22-10-20-13-14(22)21-17(19)23(15(13)24)9-12-7-5-4-6-8-12/h4-8,10H,9,11H2,1-3H3,(H2,19,21). The van der Waals surface area contributed by atoms with Crippen molar-refractivity contribution in [3.63, 3.8) is 0 Å². The molecule has 0 fully saturated rings. The quantitative estimate of drug-likeness (QED) is 0.715. The van der Waals surface area contributed by atoms with Crippen LogP contribution in [-0.2, 0) is 22.8 Å². The number of ether oxygens (including phenoxy) is 1. The van der Waals surface area contributed by atoms with Crippen LogP contribution in [-0.4, -0.2) is 25.1 Å².